The van der Waals surface area contributed by atoms with Crippen LogP contribution in [0.15, 0.2) is 24.3 Å². The van der Waals surface area contributed by atoms with Crippen LogP contribution in [-0.4, -0.2) is 24.0 Å². The quantitative estimate of drug-likeness (QED) is 0.337. The van der Waals surface area contributed by atoms with Crippen molar-refractivity contribution in [1.29, 1.82) is 0 Å². The van der Waals surface area contributed by atoms with Crippen LogP contribution in [0.1, 0.15) is 23.7 Å². The Morgan fingerprint density at radius 1 is 1.47 bits per heavy atom. The lowest BCUT2D eigenvalue weighted by molar-refractivity contribution is 0.0953. The van der Waals surface area contributed by atoms with Crippen LogP contribution in [0.4, 0.5) is 0 Å². The molecule has 1 aromatic rings. The van der Waals surface area contributed by atoms with Gasteiger partial charge in [0.2, 0.25) is 0 Å². The Hall–Kier alpha value is -1.20. The van der Waals surface area contributed by atoms with Gasteiger partial charge in [0, 0.05) is 11.3 Å². The molecule has 1 rings (SSSR count). The average molecular weight is 254 g/mol. The van der Waals surface area contributed by atoms with Crippen LogP contribution in [0.3, 0.4) is 0 Å². The number of ether oxygens (including phenoxy) is 1. The second kappa shape index (κ2) is 7.97. The number of nitrogens with one attached hydrogen (secondary N) is 1. The number of nitrogen functional groups attached to an aromatic ring is 1. The fraction of sp³-hybridized carbons (Fsp3) is 0.417. The predicted molar refractivity (Wildman–Crippen MR) is 71.2 cm³/mol. The SMILES string of the molecule is CCCSCCOc1cccc(C(=O)NN)c1. The Kier molecular flexibility index (Phi) is 6.50. The summed E-state index contributed by atoms with van der Waals surface area (Å²) in [5.41, 5.74) is 2.60. The topological polar surface area (TPSA) is 64.3 Å². The van der Waals surface area contributed by atoms with Crippen molar-refractivity contribution in [1.82, 2.24) is 5.43 Å². The standard InChI is InChI=1S/C12H18N2O2S/c1-2-7-17-8-6-16-11-5-3-4-10(9-11)12(15)14-13/h3-5,9H,2,6-8,13H2,1H3,(H,14,15). The minimum Gasteiger partial charge on any atom is -0.493 e. The molecule has 0 heterocycles. The van der Waals surface area contributed by atoms with Gasteiger partial charge in [-0.15, -0.1) is 0 Å². The lowest BCUT2D eigenvalue weighted by Crippen LogP contribution is -2.29. The molecule has 0 bridgehead atoms. The summed E-state index contributed by atoms with van der Waals surface area (Å²) in [6.45, 7) is 2.81. The summed E-state index contributed by atoms with van der Waals surface area (Å²) < 4.78 is 5.55. The third-order valence-corrected chi connectivity index (χ3v) is 3.22. The third kappa shape index (κ3) is 5.10. The molecular formula is C12H18N2O2S. The van der Waals surface area contributed by atoms with Gasteiger partial charge in [0.1, 0.15) is 5.75 Å². The van der Waals surface area contributed by atoms with Gasteiger partial charge >= 0.3 is 0 Å². The summed E-state index contributed by atoms with van der Waals surface area (Å²) in [5.74, 6) is 7.56. The Morgan fingerprint density at radius 3 is 3.00 bits per heavy atom. The van der Waals surface area contributed by atoms with Crippen molar-refractivity contribution < 1.29 is 9.53 Å². The Balaban J connectivity index is 2.40. The highest BCUT2D eigenvalue weighted by Crippen LogP contribution is 2.13. The first-order valence-corrected chi connectivity index (χ1v) is 6.75. The molecule has 0 aliphatic heterocycles. The first-order chi connectivity index (χ1) is 8.27. The smallest absolute Gasteiger partial charge is 0.265 e. The van der Waals surface area contributed by atoms with Gasteiger partial charge in [-0.25, -0.2) is 5.84 Å². The number of hydrogen-bond donors (Lipinski definition) is 2. The number of rotatable bonds is 7. The molecule has 4 nitrogen and oxygen atoms in total. The summed E-state index contributed by atoms with van der Waals surface area (Å²) in [7, 11) is 0. The maximum absolute atomic E-state index is 11.3. The molecule has 17 heavy (non-hydrogen) atoms. The summed E-state index contributed by atoms with van der Waals surface area (Å²) in [6.07, 6.45) is 1.18. The molecule has 1 amide bonds. The maximum Gasteiger partial charge on any atom is 0.265 e. The van der Waals surface area contributed by atoms with Crippen molar-refractivity contribution in [3.05, 3.63) is 29.8 Å². The van der Waals surface area contributed by atoms with Crippen molar-refractivity contribution in [2.75, 3.05) is 18.1 Å². The highest BCUT2D eigenvalue weighted by molar-refractivity contribution is 7.99. The number of hydrazine groups is 1. The van der Waals surface area contributed by atoms with Crippen LogP contribution < -0.4 is 16.0 Å². The first-order valence-electron chi connectivity index (χ1n) is 5.59. The zero-order valence-electron chi connectivity index (χ0n) is 9.94. The van der Waals surface area contributed by atoms with Gasteiger partial charge in [-0.05, 0) is 30.4 Å². The van der Waals surface area contributed by atoms with Crippen molar-refractivity contribution in [2.45, 2.75) is 13.3 Å². The molecule has 94 valence electrons. The van der Waals surface area contributed by atoms with Crippen LogP contribution in [0.25, 0.3) is 0 Å². The number of carbonyl (C=O) groups is 1. The molecular weight excluding hydrogens is 236 g/mol. The number of amides is 1. The van der Waals surface area contributed by atoms with Crippen LogP contribution in [0.5, 0.6) is 5.75 Å². The maximum atomic E-state index is 11.3. The molecule has 0 saturated heterocycles. The molecule has 0 aromatic heterocycles. The Labute approximate surface area is 106 Å². The van der Waals surface area contributed by atoms with Crippen LogP contribution in [0, 0.1) is 0 Å². The van der Waals surface area contributed by atoms with Gasteiger partial charge in [-0.3, -0.25) is 10.2 Å². The van der Waals surface area contributed by atoms with Gasteiger partial charge in [0.05, 0.1) is 6.61 Å². The molecule has 3 N–H and O–H groups in total. The number of carbonyl (C=O) groups excluding carboxylic acids is 1. The van der Waals surface area contributed by atoms with Gasteiger partial charge in [0.15, 0.2) is 0 Å². The van der Waals surface area contributed by atoms with Crippen LogP contribution in [-0.2, 0) is 0 Å². The van der Waals surface area contributed by atoms with E-state index in [0.717, 1.165) is 11.5 Å². The normalized spacial score (nSPS) is 10.0. The molecule has 0 atom stereocenters. The highest BCUT2D eigenvalue weighted by atomic mass is 32.2. The second-order valence-electron chi connectivity index (χ2n) is 3.46. The van der Waals surface area contributed by atoms with Gasteiger partial charge in [-0.2, -0.15) is 11.8 Å². The number of nitrogens with two attached hydrogens (primary N) is 1. The molecule has 0 saturated carbocycles. The molecule has 0 aliphatic rings. The van der Waals surface area contributed by atoms with E-state index < -0.39 is 0 Å². The zero-order valence-corrected chi connectivity index (χ0v) is 10.8. The average Bonchev–Trinajstić information content (AvgIpc) is 2.38. The Bertz CT molecular complexity index is 358. The van der Waals surface area contributed by atoms with E-state index in [2.05, 4.69) is 12.3 Å². The van der Waals surface area contributed by atoms with Crippen molar-refractivity contribution >= 4 is 17.7 Å². The molecule has 1 aromatic carbocycles. The monoisotopic (exact) mass is 254 g/mol. The number of hydrogen-bond acceptors (Lipinski definition) is 4. The molecule has 0 radical (unpaired) electrons. The van der Waals surface area contributed by atoms with E-state index in [0.29, 0.717) is 17.9 Å². The van der Waals surface area contributed by atoms with E-state index >= 15 is 0 Å². The van der Waals surface area contributed by atoms with Crippen LogP contribution in [0.2, 0.25) is 0 Å². The first kappa shape index (κ1) is 13.9. The van der Waals surface area contributed by atoms with E-state index in [4.69, 9.17) is 10.6 Å². The minimum absolute atomic E-state index is 0.309. The van der Waals surface area contributed by atoms with Gasteiger partial charge < -0.3 is 4.74 Å². The van der Waals surface area contributed by atoms with Crippen molar-refractivity contribution in [2.24, 2.45) is 5.84 Å². The zero-order chi connectivity index (χ0) is 12.5. The van der Waals surface area contributed by atoms with Gasteiger partial charge in [-0.1, -0.05) is 13.0 Å². The molecule has 0 aliphatic carbocycles. The lowest BCUT2D eigenvalue weighted by atomic mass is 10.2. The summed E-state index contributed by atoms with van der Waals surface area (Å²) in [5, 5.41) is 0. The van der Waals surface area contributed by atoms with Crippen LogP contribution >= 0.6 is 11.8 Å². The summed E-state index contributed by atoms with van der Waals surface area (Å²) in [6, 6.07) is 6.99. The molecule has 0 fully saturated rings. The number of benzene rings is 1. The van der Waals surface area contributed by atoms with Crippen molar-refractivity contribution in [3.63, 3.8) is 0 Å². The molecule has 5 heteroatoms. The van der Waals surface area contributed by atoms with Crippen molar-refractivity contribution in [3.8, 4) is 5.75 Å². The van der Waals surface area contributed by atoms with E-state index in [-0.39, 0.29) is 5.91 Å². The second-order valence-corrected chi connectivity index (χ2v) is 4.69. The van der Waals surface area contributed by atoms with E-state index in [1.807, 2.05) is 17.8 Å². The predicted octanol–water partition coefficient (Wildman–Crippen LogP) is 1.81. The molecule has 0 unspecified atom stereocenters. The van der Waals surface area contributed by atoms with E-state index in [1.165, 1.54) is 6.42 Å². The van der Waals surface area contributed by atoms with Gasteiger partial charge in [0.25, 0.3) is 5.91 Å². The Morgan fingerprint density at radius 2 is 2.29 bits per heavy atom. The summed E-state index contributed by atoms with van der Waals surface area (Å²) in [4.78, 5) is 11.3. The third-order valence-electron chi connectivity index (χ3n) is 2.07. The van der Waals surface area contributed by atoms with E-state index in [9.17, 15) is 4.79 Å². The highest BCUT2D eigenvalue weighted by Gasteiger charge is 2.04. The minimum atomic E-state index is -0.309. The fourth-order valence-corrected chi connectivity index (χ4v) is 1.97. The van der Waals surface area contributed by atoms with E-state index in [1.54, 1.807) is 18.2 Å². The number of thioether (sulfide) groups is 1. The lowest BCUT2D eigenvalue weighted by Gasteiger charge is -2.07. The largest absolute Gasteiger partial charge is 0.493 e. The molecule has 0 spiro atoms. The summed E-state index contributed by atoms with van der Waals surface area (Å²) >= 11 is 1.86. The fourth-order valence-electron chi connectivity index (χ4n) is 1.28.